The van der Waals surface area contributed by atoms with Crippen LogP contribution in [0.5, 0.6) is 5.75 Å². The fraction of sp³-hybridized carbons (Fsp3) is 0.600. The number of carbonyl (C=O) groups is 1. The zero-order chi connectivity index (χ0) is 19.9. The van der Waals surface area contributed by atoms with E-state index in [2.05, 4.69) is 22.5 Å². The standard InChI is InChI=1S/C20H34N4O3.HI/c1-5-6-12-26-13-8-11-22-20(21-2)23-15-17-9-7-10-18(14-17)27-16-19(25)24(3)4;/h7,9-10,14H,5-6,8,11-13,15-16H2,1-4H3,(H2,21,22,23);1H. The molecule has 1 aromatic rings. The molecule has 7 nitrogen and oxygen atoms in total. The fourth-order valence-corrected chi connectivity index (χ4v) is 2.16. The zero-order valence-corrected chi connectivity index (χ0v) is 19.8. The van der Waals surface area contributed by atoms with Gasteiger partial charge in [0.25, 0.3) is 5.91 Å². The first-order valence-corrected chi connectivity index (χ1v) is 9.51. The van der Waals surface area contributed by atoms with Gasteiger partial charge in [0.05, 0.1) is 0 Å². The summed E-state index contributed by atoms with van der Waals surface area (Å²) in [6.07, 6.45) is 3.21. The van der Waals surface area contributed by atoms with Crippen LogP contribution in [0.3, 0.4) is 0 Å². The molecule has 0 radical (unpaired) electrons. The van der Waals surface area contributed by atoms with Crippen molar-refractivity contribution in [3.63, 3.8) is 0 Å². The Morgan fingerprint density at radius 1 is 1.18 bits per heavy atom. The molecule has 28 heavy (non-hydrogen) atoms. The van der Waals surface area contributed by atoms with Crippen LogP contribution in [0.1, 0.15) is 31.7 Å². The third kappa shape index (κ3) is 12.0. The highest BCUT2D eigenvalue weighted by atomic mass is 127. The van der Waals surface area contributed by atoms with Gasteiger partial charge in [-0.3, -0.25) is 9.79 Å². The summed E-state index contributed by atoms with van der Waals surface area (Å²) in [7, 11) is 5.17. The first-order chi connectivity index (χ1) is 13.1. The summed E-state index contributed by atoms with van der Waals surface area (Å²) in [4.78, 5) is 17.3. The summed E-state index contributed by atoms with van der Waals surface area (Å²) < 4.78 is 11.1. The molecular weight excluding hydrogens is 471 g/mol. The molecule has 0 aliphatic carbocycles. The lowest BCUT2D eigenvalue weighted by molar-refractivity contribution is -0.130. The van der Waals surface area contributed by atoms with Gasteiger partial charge < -0.3 is 25.0 Å². The lowest BCUT2D eigenvalue weighted by Crippen LogP contribution is -2.37. The molecule has 1 rings (SSSR count). The molecule has 0 atom stereocenters. The zero-order valence-electron chi connectivity index (χ0n) is 17.5. The van der Waals surface area contributed by atoms with Crippen LogP contribution < -0.4 is 15.4 Å². The number of likely N-dealkylation sites (N-methyl/N-ethyl adjacent to an activating group) is 1. The summed E-state index contributed by atoms with van der Waals surface area (Å²) in [5.74, 6) is 1.36. The summed E-state index contributed by atoms with van der Waals surface area (Å²) in [6.45, 7) is 5.21. The van der Waals surface area contributed by atoms with E-state index in [1.165, 1.54) is 4.90 Å². The molecule has 0 heterocycles. The summed E-state index contributed by atoms with van der Waals surface area (Å²) in [5, 5.41) is 6.55. The minimum Gasteiger partial charge on any atom is -0.484 e. The van der Waals surface area contributed by atoms with Crippen LogP contribution in [0, 0.1) is 0 Å². The Labute approximate surface area is 186 Å². The molecule has 0 saturated heterocycles. The highest BCUT2D eigenvalue weighted by molar-refractivity contribution is 14.0. The van der Waals surface area contributed by atoms with Crippen molar-refractivity contribution in [1.29, 1.82) is 0 Å². The Morgan fingerprint density at radius 2 is 1.93 bits per heavy atom. The van der Waals surface area contributed by atoms with E-state index in [4.69, 9.17) is 9.47 Å². The number of amides is 1. The highest BCUT2D eigenvalue weighted by Crippen LogP contribution is 2.13. The molecule has 160 valence electrons. The number of halogens is 1. The number of rotatable bonds is 12. The van der Waals surface area contributed by atoms with Crippen LogP contribution in [0.4, 0.5) is 0 Å². The first-order valence-electron chi connectivity index (χ1n) is 9.51. The maximum absolute atomic E-state index is 11.6. The van der Waals surface area contributed by atoms with Crippen molar-refractivity contribution in [3.8, 4) is 5.75 Å². The molecule has 0 saturated carbocycles. The molecule has 0 aliphatic rings. The predicted molar refractivity (Wildman–Crippen MR) is 125 cm³/mol. The van der Waals surface area contributed by atoms with Crippen LogP contribution in [0.25, 0.3) is 0 Å². The number of hydrogen-bond acceptors (Lipinski definition) is 4. The van der Waals surface area contributed by atoms with E-state index < -0.39 is 0 Å². The molecule has 1 aromatic carbocycles. The normalized spacial score (nSPS) is 10.8. The second-order valence-electron chi connectivity index (χ2n) is 6.40. The van der Waals surface area contributed by atoms with Crippen LogP contribution in [-0.2, 0) is 16.1 Å². The largest absolute Gasteiger partial charge is 0.484 e. The quantitative estimate of drug-likeness (QED) is 0.197. The number of hydrogen-bond donors (Lipinski definition) is 2. The van der Waals surface area contributed by atoms with E-state index in [1.54, 1.807) is 21.1 Å². The molecule has 0 aromatic heterocycles. The van der Waals surface area contributed by atoms with Crippen LogP contribution in [0.2, 0.25) is 0 Å². The Balaban J connectivity index is 0.00000729. The van der Waals surface area contributed by atoms with Gasteiger partial charge in [-0.1, -0.05) is 25.5 Å². The number of guanidine groups is 1. The molecule has 0 fully saturated rings. The van der Waals surface area contributed by atoms with Gasteiger partial charge >= 0.3 is 0 Å². The van der Waals surface area contributed by atoms with Gasteiger partial charge in [0.1, 0.15) is 5.75 Å². The van der Waals surface area contributed by atoms with E-state index in [0.29, 0.717) is 12.3 Å². The number of benzene rings is 1. The average molecular weight is 506 g/mol. The van der Waals surface area contributed by atoms with Gasteiger partial charge in [-0.15, -0.1) is 24.0 Å². The number of nitrogens with zero attached hydrogens (tertiary/aromatic N) is 2. The summed E-state index contributed by atoms with van der Waals surface area (Å²) in [5.41, 5.74) is 1.05. The van der Waals surface area contributed by atoms with Gasteiger partial charge in [-0.25, -0.2) is 0 Å². The molecule has 0 unspecified atom stereocenters. The van der Waals surface area contributed by atoms with E-state index in [-0.39, 0.29) is 36.5 Å². The van der Waals surface area contributed by atoms with Gasteiger partial charge in [0, 0.05) is 47.4 Å². The third-order valence-electron chi connectivity index (χ3n) is 3.84. The van der Waals surface area contributed by atoms with Crippen molar-refractivity contribution in [3.05, 3.63) is 29.8 Å². The summed E-state index contributed by atoms with van der Waals surface area (Å²) in [6, 6.07) is 7.68. The van der Waals surface area contributed by atoms with Crippen molar-refractivity contribution in [2.24, 2.45) is 4.99 Å². The Hall–Kier alpha value is -1.55. The maximum Gasteiger partial charge on any atom is 0.259 e. The topological polar surface area (TPSA) is 75.2 Å². The average Bonchev–Trinajstić information content (AvgIpc) is 2.67. The Bertz CT molecular complexity index is 582. The fourth-order valence-electron chi connectivity index (χ4n) is 2.16. The van der Waals surface area contributed by atoms with Crippen molar-refractivity contribution in [2.75, 3.05) is 47.5 Å². The molecule has 8 heteroatoms. The molecule has 2 N–H and O–H groups in total. The molecule has 1 amide bonds. The molecule has 0 aliphatic heterocycles. The second kappa shape index (κ2) is 16.4. The number of nitrogens with one attached hydrogen (secondary N) is 2. The second-order valence-corrected chi connectivity index (χ2v) is 6.40. The minimum absolute atomic E-state index is 0. The van der Waals surface area contributed by atoms with Gasteiger partial charge in [0.2, 0.25) is 0 Å². The van der Waals surface area contributed by atoms with Crippen molar-refractivity contribution in [2.45, 2.75) is 32.7 Å². The maximum atomic E-state index is 11.6. The van der Waals surface area contributed by atoms with Crippen molar-refractivity contribution >= 4 is 35.8 Å². The van der Waals surface area contributed by atoms with Crippen molar-refractivity contribution in [1.82, 2.24) is 15.5 Å². The van der Waals surface area contributed by atoms with Gasteiger partial charge in [0.15, 0.2) is 12.6 Å². The smallest absolute Gasteiger partial charge is 0.259 e. The Morgan fingerprint density at radius 3 is 2.61 bits per heavy atom. The van der Waals surface area contributed by atoms with E-state index >= 15 is 0 Å². The van der Waals surface area contributed by atoms with Gasteiger partial charge in [-0.2, -0.15) is 0 Å². The summed E-state index contributed by atoms with van der Waals surface area (Å²) >= 11 is 0. The van der Waals surface area contributed by atoms with Gasteiger partial charge in [-0.05, 0) is 30.5 Å². The lowest BCUT2D eigenvalue weighted by atomic mass is 10.2. The highest BCUT2D eigenvalue weighted by Gasteiger charge is 2.05. The van der Waals surface area contributed by atoms with Crippen LogP contribution >= 0.6 is 24.0 Å². The molecular formula is C20H35IN4O3. The predicted octanol–water partition coefficient (Wildman–Crippen LogP) is 2.64. The number of unbranched alkanes of at least 4 members (excludes halogenated alkanes) is 1. The number of carbonyl (C=O) groups excluding carboxylic acids is 1. The SMILES string of the molecule is CCCCOCCCNC(=NC)NCc1cccc(OCC(=O)N(C)C)c1.I. The lowest BCUT2D eigenvalue weighted by Gasteiger charge is -2.14. The van der Waals surface area contributed by atoms with E-state index in [9.17, 15) is 4.79 Å². The number of aliphatic imine (C=N–C) groups is 1. The van der Waals surface area contributed by atoms with E-state index in [0.717, 1.165) is 50.5 Å². The third-order valence-corrected chi connectivity index (χ3v) is 3.84. The van der Waals surface area contributed by atoms with Crippen LogP contribution in [-0.4, -0.2) is 64.3 Å². The van der Waals surface area contributed by atoms with E-state index in [1.807, 2.05) is 24.3 Å². The first kappa shape index (κ1) is 26.4. The van der Waals surface area contributed by atoms with Crippen LogP contribution in [0.15, 0.2) is 29.3 Å². The molecule has 0 bridgehead atoms. The number of ether oxygens (including phenoxy) is 2. The Kier molecular flexibility index (Phi) is 15.5. The molecule has 0 spiro atoms. The minimum atomic E-state index is -0.0678. The van der Waals surface area contributed by atoms with Crippen molar-refractivity contribution < 1.29 is 14.3 Å². The monoisotopic (exact) mass is 506 g/mol.